The summed E-state index contributed by atoms with van der Waals surface area (Å²) < 4.78 is 0. The zero-order valence-corrected chi connectivity index (χ0v) is 10.6. The Kier molecular flexibility index (Phi) is 10.4. The minimum absolute atomic E-state index is 0. The molecule has 0 amide bonds. The summed E-state index contributed by atoms with van der Waals surface area (Å²) in [6, 6.07) is 0. The molecule has 0 atom stereocenters. The fraction of sp³-hybridized carbons (Fsp3) is 1.00. The van der Waals surface area contributed by atoms with Crippen molar-refractivity contribution >= 4 is 0 Å². The lowest BCUT2D eigenvalue weighted by atomic mass is 9.56. The maximum Gasteiger partial charge on any atom is -0.0406 e. The highest BCUT2D eigenvalue weighted by Crippen LogP contribution is 2.53. The lowest BCUT2D eigenvalue weighted by molar-refractivity contribution is 0.0198. The van der Waals surface area contributed by atoms with Gasteiger partial charge in [0.25, 0.3) is 0 Å². The van der Waals surface area contributed by atoms with Crippen molar-refractivity contribution in [3.63, 3.8) is 0 Å². The molecule has 4 aliphatic rings. The molecule has 0 radical (unpaired) electrons. The standard InChI is InChI=1S/C10H16.2C2H6.2CH4/c1-7-2-9-4-8(1)5-10(3-7)6-9;2*1-2;;/h7-10H,1-6H2;2*1-2H3;2*1H4. The van der Waals surface area contributed by atoms with Crippen LogP contribution in [-0.2, 0) is 0 Å². The van der Waals surface area contributed by atoms with Crippen molar-refractivity contribution < 1.29 is 0 Å². The third kappa shape index (κ3) is 4.11. The first-order chi connectivity index (χ1) is 6.90. The monoisotopic (exact) mass is 228 g/mol. The Morgan fingerprint density at radius 3 is 0.688 bits per heavy atom. The SMILES string of the molecule is C.C.C1C2CC3CC1CC(C2)C3.CC.CC. The molecule has 0 heteroatoms. The van der Waals surface area contributed by atoms with Crippen LogP contribution in [0.1, 0.15) is 81.1 Å². The van der Waals surface area contributed by atoms with Crippen LogP contribution in [0.25, 0.3) is 0 Å². The minimum atomic E-state index is 0. The molecule has 0 aliphatic heterocycles. The Bertz CT molecular complexity index is 91.6. The summed E-state index contributed by atoms with van der Waals surface area (Å²) in [5.41, 5.74) is 0. The first-order valence-corrected chi connectivity index (χ1v) is 6.90. The molecule has 0 spiro atoms. The van der Waals surface area contributed by atoms with Crippen molar-refractivity contribution in [2.24, 2.45) is 23.7 Å². The molecule has 0 aromatic rings. The topological polar surface area (TPSA) is 0 Å². The highest BCUT2D eigenvalue weighted by Gasteiger charge is 2.41. The highest BCUT2D eigenvalue weighted by atomic mass is 14.5. The zero-order chi connectivity index (χ0) is 10.6. The van der Waals surface area contributed by atoms with Crippen molar-refractivity contribution in [2.45, 2.75) is 81.1 Å². The number of rotatable bonds is 0. The first-order valence-electron chi connectivity index (χ1n) is 6.90. The minimum Gasteiger partial charge on any atom is -0.0776 e. The van der Waals surface area contributed by atoms with Gasteiger partial charge in [0.2, 0.25) is 0 Å². The second kappa shape index (κ2) is 9.07. The van der Waals surface area contributed by atoms with E-state index in [1.807, 2.05) is 27.7 Å². The van der Waals surface area contributed by atoms with E-state index < -0.39 is 0 Å². The van der Waals surface area contributed by atoms with Crippen LogP contribution in [0.5, 0.6) is 0 Å². The van der Waals surface area contributed by atoms with Gasteiger partial charge < -0.3 is 0 Å². The summed E-state index contributed by atoms with van der Waals surface area (Å²) in [6.07, 6.45) is 9.62. The summed E-state index contributed by atoms with van der Waals surface area (Å²) >= 11 is 0. The molecule has 4 fully saturated rings. The summed E-state index contributed by atoms with van der Waals surface area (Å²) in [6.45, 7) is 8.00. The van der Waals surface area contributed by atoms with Crippen LogP contribution in [-0.4, -0.2) is 0 Å². The van der Waals surface area contributed by atoms with E-state index in [1.54, 1.807) is 38.5 Å². The van der Waals surface area contributed by atoms with Crippen LogP contribution >= 0.6 is 0 Å². The Balaban J connectivity index is 0. The number of hydrogen-bond donors (Lipinski definition) is 0. The van der Waals surface area contributed by atoms with E-state index in [4.69, 9.17) is 0 Å². The number of hydrogen-bond acceptors (Lipinski definition) is 0. The van der Waals surface area contributed by atoms with Gasteiger partial charge in [-0.2, -0.15) is 0 Å². The van der Waals surface area contributed by atoms with E-state index in [1.165, 1.54) is 23.7 Å². The maximum absolute atomic E-state index is 2.00. The maximum atomic E-state index is 2.00. The Hall–Kier alpha value is 0. The molecular weight excluding hydrogens is 192 g/mol. The van der Waals surface area contributed by atoms with Crippen LogP contribution in [0.3, 0.4) is 0 Å². The third-order valence-electron chi connectivity index (χ3n) is 4.00. The second-order valence-corrected chi connectivity index (χ2v) is 4.88. The van der Waals surface area contributed by atoms with E-state index in [0.717, 1.165) is 0 Å². The molecule has 0 unspecified atom stereocenters. The molecule has 4 rings (SSSR count). The van der Waals surface area contributed by atoms with Crippen LogP contribution in [0.4, 0.5) is 0 Å². The van der Waals surface area contributed by atoms with Crippen molar-refractivity contribution in [1.29, 1.82) is 0 Å². The average molecular weight is 228 g/mol. The highest BCUT2D eigenvalue weighted by molar-refractivity contribution is 4.92. The molecule has 0 aromatic heterocycles. The Morgan fingerprint density at radius 1 is 0.438 bits per heavy atom. The lowest BCUT2D eigenvalue weighted by Crippen LogP contribution is -2.38. The zero-order valence-electron chi connectivity index (χ0n) is 10.6. The Morgan fingerprint density at radius 2 is 0.562 bits per heavy atom. The molecular formula is C16H36. The van der Waals surface area contributed by atoms with Gasteiger partial charge in [-0.3, -0.25) is 0 Å². The van der Waals surface area contributed by atoms with Gasteiger partial charge in [0, 0.05) is 0 Å². The van der Waals surface area contributed by atoms with E-state index >= 15 is 0 Å². The molecule has 0 saturated heterocycles. The van der Waals surface area contributed by atoms with Crippen molar-refractivity contribution in [3.05, 3.63) is 0 Å². The quantitative estimate of drug-likeness (QED) is 0.466. The van der Waals surface area contributed by atoms with E-state index in [-0.39, 0.29) is 14.9 Å². The van der Waals surface area contributed by atoms with Crippen molar-refractivity contribution in [1.82, 2.24) is 0 Å². The fourth-order valence-electron chi connectivity index (χ4n) is 3.98. The van der Waals surface area contributed by atoms with Crippen LogP contribution in [0, 0.1) is 23.7 Å². The average Bonchev–Trinajstić information content (AvgIpc) is 2.22. The van der Waals surface area contributed by atoms with Crippen molar-refractivity contribution in [3.8, 4) is 0 Å². The predicted octanol–water partition coefficient (Wildman–Crippen LogP) is 6.16. The third-order valence-corrected chi connectivity index (χ3v) is 4.00. The van der Waals surface area contributed by atoms with Crippen LogP contribution < -0.4 is 0 Å². The summed E-state index contributed by atoms with van der Waals surface area (Å²) in [7, 11) is 0. The lowest BCUT2D eigenvalue weighted by Gasteiger charge is -2.49. The van der Waals surface area contributed by atoms with Crippen molar-refractivity contribution in [2.75, 3.05) is 0 Å². The molecule has 4 bridgehead atoms. The van der Waals surface area contributed by atoms with E-state index in [2.05, 4.69) is 0 Å². The van der Waals surface area contributed by atoms with Crippen LogP contribution in [0.2, 0.25) is 0 Å². The molecule has 0 N–H and O–H groups in total. The predicted molar refractivity (Wildman–Crippen MR) is 77.8 cm³/mol. The normalized spacial score (nSPS) is 36.8. The summed E-state index contributed by atoms with van der Waals surface area (Å²) in [4.78, 5) is 0. The molecule has 0 nitrogen and oxygen atoms in total. The van der Waals surface area contributed by atoms with Gasteiger partial charge in [0.15, 0.2) is 0 Å². The summed E-state index contributed by atoms with van der Waals surface area (Å²) in [5, 5.41) is 0. The van der Waals surface area contributed by atoms with Gasteiger partial charge in [0.1, 0.15) is 0 Å². The van der Waals surface area contributed by atoms with Crippen LogP contribution in [0.15, 0.2) is 0 Å². The summed E-state index contributed by atoms with van der Waals surface area (Å²) in [5.74, 6) is 4.71. The Labute approximate surface area is 105 Å². The molecule has 0 aromatic carbocycles. The van der Waals surface area contributed by atoms with Gasteiger partial charge in [-0.1, -0.05) is 42.5 Å². The van der Waals surface area contributed by atoms with E-state index in [9.17, 15) is 0 Å². The first kappa shape index (κ1) is 18.4. The molecule has 0 heterocycles. The van der Waals surface area contributed by atoms with Gasteiger partial charge in [-0.05, 0) is 62.2 Å². The van der Waals surface area contributed by atoms with E-state index in [0.29, 0.717) is 0 Å². The van der Waals surface area contributed by atoms with Gasteiger partial charge in [-0.25, -0.2) is 0 Å². The largest absolute Gasteiger partial charge is 0.0776 e. The molecule has 100 valence electrons. The smallest absolute Gasteiger partial charge is 0.0406 e. The fourth-order valence-corrected chi connectivity index (χ4v) is 3.98. The van der Waals surface area contributed by atoms with Gasteiger partial charge in [0.05, 0.1) is 0 Å². The molecule has 16 heavy (non-hydrogen) atoms. The molecule has 4 aliphatic carbocycles. The second-order valence-electron chi connectivity index (χ2n) is 4.88. The van der Waals surface area contributed by atoms with Gasteiger partial charge in [-0.15, -0.1) is 0 Å². The molecule has 4 saturated carbocycles. The van der Waals surface area contributed by atoms with Gasteiger partial charge >= 0.3 is 0 Å².